The van der Waals surface area contributed by atoms with Gasteiger partial charge in [-0.3, -0.25) is 4.79 Å². The number of carbonyl (C=O) groups excluding carboxylic acids is 1. The maximum Gasteiger partial charge on any atom is 0.321 e. The second-order valence-corrected chi connectivity index (χ2v) is 5.28. The van der Waals surface area contributed by atoms with Crippen molar-refractivity contribution < 1.29 is 24.1 Å². The van der Waals surface area contributed by atoms with Gasteiger partial charge in [0.05, 0.1) is 6.10 Å². The van der Waals surface area contributed by atoms with Crippen molar-refractivity contribution in [2.45, 2.75) is 56.0 Å². The largest absolute Gasteiger partial charge is 0.456 e. The summed E-state index contributed by atoms with van der Waals surface area (Å²) in [4.78, 5) is 14.6. The zero-order valence-electron chi connectivity index (χ0n) is 9.94. The molecule has 0 unspecified atom stereocenters. The molecule has 0 radical (unpaired) electrons. The van der Waals surface area contributed by atoms with Crippen LogP contribution >= 0.6 is 0 Å². The molecule has 5 atom stereocenters. The summed E-state index contributed by atoms with van der Waals surface area (Å²) in [5.41, 5.74) is 7.13. The van der Waals surface area contributed by atoms with E-state index in [0.717, 1.165) is 0 Å². The molecule has 3 saturated heterocycles. The first-order valence-corrected chi connectivity index (χ1v) is 5.71. The fraction of sp³-hybridized carbons (Fsp3) is 0.900. The lowest BCUT2D eigenvalue weighted by Crippen LogP contribution is -2.70. The molecule has 3 heterocycles. The van der Waals surface area contributed by atoms with Crippen LogP contribution in [0, 0.1) is 0 Å². The third-order valence-corrected chi connectivity index (χ3v) is 3.64. The Hall–Kier alpha value is -1.34. The molecule has 4 rings (SSSR count). The quantitative estimate of drug-likeness (QED) is 0.312. The number of ether oxygens (including phenoxy) is 3. The van der Waals surface area contributed by atoms with E-state index in [4.69, 9.17) is 19.7 Å². The summed E-state index contributed by atoms with van der Waals surface area (Å²) in [6.45, 7) is 3.40. The highest BCUT2D eigenvalue weighted by Gasteiger charge is 2.69. The Balaban J connectivity index is 2.09. The summed E-state index contributed by atoms with van der Waals surface area (Å²) < 4.78 is 16.4. The van der Waals surface area contributed by atoms with Crippen LogP contribution in [0.25, 0.3) is 10.4 Å². The minimum atomic E-state index is -1.53. The van der Waals surface area contributed by atoms with Crippen LogP contribution in [-0.4, -0.2) is 46.8 Å². The van der Waals surface area contributed by atoms with Gasteiger partial charge in [-0.05, 0) is 19.4 Å². The highest BCUT2D eigenvalue weighted by atomic mass is 16.8. The predicted molar refractivity (Wildman–Crippen MR) is 56.2 cm³/mol. The Labute approximate surface area is 102 Å². The second kappa shape index (κ2) is 3.36. The van der Waals surface area contributed by atoms with Gasteiger partial charge in [0.2, 0.25) is 0 Å². The Morgan fingerprint density at radius 2 is 2.17 bits per heavy atom. The molecule has 1 aliphatic carbocycles. The van der Waals surface area contributed by atoms with Crippen LogP contribution in [-0.2, 0) is 19.0 Å². The van der Waals surface area contributed by atoms with Gasteiger partial charge in [-0.2, -0.15) is 0 Å². The van der Waals surface area contributed by atoms with Crippen LogP contribution in [0.15, 0.2) is 5.11 Å². The van der Waals surface area contributed by atoms with Gasteiger partial charge in [0, 0.05) is 11.3 Å². The second-order valence-electron chi connectivity index (χ2n) is 5.28. The van der Waals surface area contributed by atoms with Gasteiger partial charge in [-0.15, -0.1) is 0 Å². The molecular weight excluding hydrogens is 242 g/mol. The highest BCUT2D eigenvalue weighted by molar-refractivity contribution is 5.84. The molecule has 4 aliphatic rings. The van der Waals surface area contributed by atoms with E-state index in [1.54, 1.807) is 13.8 Å². The number of hydrogen-bond donors (Lipinski definition) is 1. The van der Waals surface area contributed by atoms with E-state index in [9.17, 15) is 9.90 Å². The SMILES string of the molecule is CC1(C)O[C@H]2[C@@H]3OC(=O)[C@@](N=[N+]=[N-])(C[C@H]3O)[C@H]2O1. The summed E-state index contributed by atoms with van der Waals surface area (Å²) in [5.74, 6) is -1.56. The van der Waals surface area contributed by atoms with Crippen molar-refractivity contribution in [3.8, 4) is 0 Å². The highest BCUT2D eigenvalue weighted by Crippen LogP contribution is 2.49. The van der Waals surface area contributed by atoms with Crippen molar-refractivity contribution in [1.29, 1.82) is 0 Å². The zero-order valence-corrected chi connectivity index (χ0v) is 9.94. The van der Waals surface area contributed by atoms with Crippen molar-refractivity contribution in [2.75, 3.05) is 0 Å². The van der Waals surface area contributed by atoms with Gasteiger partial charge in [-0.1, -0.05) is 5.11 Å². The normalized spacial score (nSPS) is 48.3. The first kappa shape index (κ1) is 11.7. The van der Waals surface area contributed by atoms with Gasteiger partial charge in [0.1, 0.15) is 12.2 Å². The van der Waals surface area contributed by atoms with Crippen molar-refractivity contribution in [2.24, 2.45) is 5.11 Å². The summed E-state index contributed by atoms with van der Waals surface area (Å²) >= 11 is 0. The fourth-order valence-corrected chi connectivity index (χ4v) is 2.96. The third-order valence-electron chi connectivity index (χ3n) is 3.64. The molecule has 98 valence electrons. The first-order chi connectivity index (χ1) is 8.39. The number of esters is 1. The topological polar surface area (TPSA) is 114 Å². The average molecular weight is 255 g/mol. The van der Waals surface area contributed by atoms with Crippen LogP contribution in [0.5, 0.6) is 0 Å². The number of hydrogen-bond acceptors (Lipinski definition) is 6. The molecular formula is C10H13N3O5. The number of aliphatic hydroxyl groups is 1. The Kier molecular flexibility index (Phi) is 2.19. The molecule has 0 spiro atoms. The average Bonchev–Trinajstić information content (AvgIpc) is 2.59. The van der Waals surface area contributed by atoms with Gasteiger partial charge in [0.25, 0.3) is 0 Å². The van der Waals surface area contributed by atoms with E-state index in [1.165, 1.54) is 0 Å². The van der Waals surface area contributed by atoms with Gasteiger partial charge in [0.15, 0.2) is 17.4 Å². The molecule has 18 heavy (non-hydrogen) atoms. The first-order valence-electron chi connectivity index (χ1n) is 5.71. The van der Waals surface area contributed by atoms with E-state index in [0.29, 0.717) is 0 Å². The van der Waals surface area contributed by atoms with Crippen LogP contribution in [0.2, 0.25) is 0 Å². The molecule has 1 saturated carbocycles. The zero-order chi connectivity index (χ0) is 13.1. The van der Waals surface area contributed by atoms with Crippen LogP contribution in [0.1, 0.15) is 20.3 Å². The minimum Gasteiger partial charge on any atom is -0.456 e. The summed E-state index contributed by atoms with van der Waals surface area (Å²) in [7, 11) is 0. The van der Waals surface area contributed by atoms with Crippen molar-refractivity contribution in [1.82, 2.24) is 0 Å². The smallest absolute Gasteiger partial charge is 0.321 e. The molecule has 4 fully saturated rings. The predicted octanol–water partition coefficient (Wildman–Crippen LogP) is 0.246. The van der Waals surface area contributed by atoms with Crippen LogP contribution in [0.3, 0.4) is 0 Å². The standard InChI is InChI=1S/C10H13N3O5/c1-9(2)17-6-5-4(14)3-10(12-13-11,7(6)18-9)8(15)16-5/h4-7,14H,3H2,1-2H3/t4-,5-,6+,7+,10-/m1/s1. The van der Waals surface area contributed by atoms with E-state index < -0.39 is 41.7 Å². The van der Waals surface area contributed by atoms with Crippen molar-refractivity contribution in [3.05, 3.63) is 10.4 Å². The number of aliphatic hydroxyl groups excluding tert-OH is 1. The summed E-state index contributed by atoms with van der Waals surface area (Å²) in [6, 6.07) is 0. The van der Waals surface area contributed by atoms with Crippen LogP contribution in [0.4, 0.5) is 0 Å². The van der Waals surface area contributed by atoms with Crippen LogP contribution < -0.4 is 0 Å². The lowest BCUT2D eigenvalue weighted by Gasteiger charge is -2.49. The fourth-order valence-electron chi connectivity index (χ4n) is 2.96. The van der Waals surface area contributed by atoms with E-state index >= 15 is 0 Å². The van der Waals surface area contributed by atoms with Crippen molar-refractivity contribution >= 4 is 5.97 Å². The minimum absolute atomic E-state index is 0.00116. The number of fused-ring (bicyclic) bond motifs is 2. The van der Waals surface area contributed by atoms with E-state index in [1.807, 2.05) is 0 Å². The molecule has 0 aromatic heterocycles. The summed E-state index contributed by atoms with van der Waals surface area (Å²) in [6.07, 6.45) is -2.99. The third kappa shape index (κ3) is 1.31. The molecule has 1 N–H and O–H groups in total. The molecule has 3 aliphatic heterocycles. The van der Waals surface area contributed by atoms with Gasteiger partial charge >= 0.3 is 5.97 Å². The van der Waals surface area contributed by atoms with E-state index in [-0.39, 0.29) is 6.42 Å². The maximum atomic E-state index is 11.9. The van der Waals surface area contributed by atoms with Crippen molar-refractivity contribution in [3.63, 3.8) is 0 Å². The number of rotatable bonds is 1. The van der Waals surface area contributed by atoms with Gasteiger partial charge < -0.3 is 19.3 Å². The Morgan fingerprint density at radius 3 is 2.83 bits per heavy atom. The molecule has 0 aromatic carbocycles. The molecule has 0 aromatic rings. The Morgan fingerprint density at radius 1 is 1.44 bits per heavy atom. The number of carbonyl (C=O) groups is 1. The number of azide groups is 1. The monoisotopic (exact) mass is 255 g/mol. The molecule has 8 heteroatoms. The molecule has 2 bridgehead atoms. The summed E-state index contributed by atoms with van der Waals surface area (Å²) in [5, 5.41) is 13.5. The molecule has 0 amide bonds. The van der Waals surface area contributed by atoms with E-state index in [2.05, 4.69) is 10.0 Å². The lowest BCUT2D eigenvalue weighted by molar-refractivity contribution is -0.215. The van der Waals surface area contributed by atoms with Gasteiger partial charge in [-0.25, -0.2) is 0 Å². The number of nitrogens with zero attached hydrogens (tertiary/aromatic N) is 3. The molecule has 8 nitrogen and oxygen atoms in total. The Bertz CT molecular complexity index is 460. The lowest BCUT2D eigenvalue weighted by atomic mass is 9.72. The maximum absolute atomic E-state index is 11.9.